The molecule has 2 rings (SSSR count). The highest BCUT2D eigenvalue weighted by Gasteiger charge is 2.12. The number of aliphatic hydroxyl groups is 1. The maximum atomic E-state index is 13.2. The predicted molar refractivity (Wildman–Crippen MR) is 76.1 cm³/mol. The Bertz CT molecular complexity index is 574. The number of benzene rings is 1. The van der Waals surface area contributed by atoms with E-state index in [0.29, 0.717) is 30.3 Å². The monoisotopic (exact) mass is 294 g/mol. The van der Waals surface area contributed by atoms with Crippen LogP contribution in [0.4, 0.5) is 4.39 Å². The number of nitrogens with zero attached hydrogens (tertiary/aromatic N) is 2. The van der Waals surface area contributed by atoms with Crippen molar-refractivity contribution in [3.63, 3.8) is 0 Å². The highest BCUT2D eigenvalue weighted by molar-refractivity contribution is 5.56. The summed E-state index contributed by atoms with van der Waals surface area (Å²) in [7, 11) is 3.40. The van der Waals surface area contributed by atoms with Crippen molar-refractivity contribution < 1.29 is 18.7 Å². The van der Waals surface area contributed by atoms with Gasteiger partial charge in [-0.2, -0.15) is 0 Å². The zero-order valence-electron chi connectivity index (χ0n) is 12.1. The standard InChI is InChI=1S/C15H19FN2O3/c1-18(8-13(19)10-20-2)9-15-17-7-14(21-15)11-4-3-5-12(16)6-11/h3-7,13,19H,8-10H2,1-2H3. The summed E-state index contributed by atoms with van der Waals surface area (Å²) < 4.78 is 23.7. The van der Waals surface area contributed by atoms with Crippen molar-refractivity contribution in [3.05, 3.63) is 42.2 Å². The third kappa shape index (κ3) is 4.63. The van der Waals surface area contributed by atoms with Gasteiger partial charge in [0.2, 0.25) is 5.89 Å². The molecule has 1 aromatic carbocycles. The molecule has 21 heavy (non-hydrogen) atoms. The fraction of sp³-hybridized carbons (Fsp3) is 0.400. The van der Waals surface area contributed by atoms with Gasteiger partial charge in [0.1, 0.15) is 5.82 Å². The molecule has 1 aromatic heterocycles. The quantitative estimate of drug-likeness (QED) is 0.845. The molecule has 0 spiro atoms. The fourth-order valence-electron chi connectivity index (χ4n) is 2.06. The van der Waals surface area contributed by atoms with Gasteiger partial charge in [-0.3, -0.25) is 4.90 Å². The SMILES string of the molecule is COCC(O)CN(C)Cc1ncc(-c2cccc(F)c2)o1. The minimum Gasteiger partial charge on any atom is -0.439 e. The third-order valence-corrected chi connectivity index (χ3v) is 2.95. The lowest BCUT2D eigenvalue weighted by Gasteiger charge is -2.18. The van der Waals surface area contributed by atoms with E-state index < -0.39 is 6.10 Å². The zero-order chi connectivity index (χ0) is 15.2. The number of aliphatic hydroxyl groups excluding tert-OH is 1. The Morgan fingerprint density at radius 3 is 3.00 bits per heavy atom. The van der Waals surface area contributed by atoms with Gasteiger partial charge in [-0.15, -0.1) is 0 Å². The molecule has 1 unspecified atom stereocenters. The summed E-state index contributed by atoms with van der Waals surface area (Å²) in [5, 5.41) is 9.65. The number of hydrogen-bond donors (Lipinski definition) is 1. The topological polar surface area (TPSA) is 58.7 Å². The fourth-order valence-corrected chi connectivity index (χ4v) is 2.06. The molecule has 0 radical (unpaired) electrons. The van der Waals surface area contributed by atoms with E-state index in [0.717, 1.165) is 0 Å². The van der Waals surface area contributed by atoms with E-state index in [2.05, 4.69) is 4.98 Å². The van der Waals surface area contributed by atoms with Crippen LogP contribution in [0.1, 0.15) is 5.89 Å². The van der Waals surface area contributed by atoms with Crippen LogP contribution in [-0.2, 0) is 11.3 Å². The van der Waals surface area contributed by atoms with Crippen LogP contribution in [-0.4, -0.2) is 48.4 Å². The van der Waals surface area contributed by atoms with Gasteiger partial charge in [0, 0.05) is 19.2 Å². The lowest BCUT2D eigenvalue weighted by atomic mass is 10.2. The van der Waals surface area contributed by atoms with Crippen molar-refractivity contribution >= 4 is 0 Å². The molecule has 1 heterocycles. The van der Waals surface area contributed by atoms with E-state index in [4.69, 9.17) is 9.15 Å². The number of ether oxygens (including phenoxy) is 1. The molecule has 0 amide bonds. The van der Waals surface area contributed by atoms with Crippen LogP contribution in [0.25, 0.3) is 11.3 Å². The number of methoxy groups -OCH3 is 1. The van der Waals surface area contributed by atoms with E-state index >= 15 is 0 Å². The Morgan fingerprint density at radius 2 is 2.29 bits per heavy atom. The molecule has 0 aliphatic heterocycles. The molecule has 1 atom stereocenters. The molecule has 0 aliphatic rings. The molecule has 6 heteroatoms. The second-order valence-corrected chi connectivity index (χ2v) is 4.93. The summed E-state index contributed by atoms with van der Waals surface area (Å²) >= 11 is 0. The minimum atomic E-state index is -0.558. The summed E-state index contributed by atoms with van der Waals surface area (Å²) in [6, 6.07) is 6.17. The Kier molecular flexibility index (Phi) is 5.44. The van der Waals surface area contributed by atoms with Gasteiger partial charge in [0.25, 0.3) is 0 Å². The molecular weight excluding hydrogens is 275 g/mol. The highest BCUT2D eigenvalue weighted by atomic mass is 19.1. The number of oxazole rings is 1. The van der Waals surface area contributed by atoms with Crippen molar-refractivity contribution in [2.24, 2.45) is 0 Å². The van der Waals surface area contributed by atoms with E-state index in [1.807, 2.05) is 11.9 Å². The second-order valence-electron chi connectivity index (χ2n) is 4.93. The maximum absolute atomic E-state index is 13.2. The minimum absolute atomic E-state index is 0.282. The second kappa shape index (κ2) is 7.31. The Hall–Kier alpha value is -1.76. The average Bonchev–Trinajstić information content (AvgIpc) is 2.87. The van der Waals surface area contributed by atoms with Crippen molar-refractivity contribution in [2.45, 2.75) is 12.6 Å². The van der Waals surface area contributed by atoms with Crippen LogP contribution in [0.5, 0.6) is 0 Å². The van der Waals surface area contributed by atoms with Crippen LogP contribution in [0.3, 0.4) is 0 Å². The van der Waals surface area contributed by atoms with Gasteiger partial charge in [-0.25, -0.2) is 9.37 Å². The molecule has 0 saturated heterocycles. The van der Waals surface area contributed by atoms with Crippen molar-refractivity contribution in [2.75, 3.05) is 27.3 Å². The van der Waals surface area contributed by atoms with Crippen LogP contribution in [0.15, 0.2) is 34.9 Å². The smallest absolute Gasteiger partial charge is 0.209 e. The van der Waals surface area contributed by atoms with Crippen molar-refractivity contribution in [1.82, 2.24) is 9.88 Å². The van der Waals surface area contributed by atoms with Crippen LogP contribution in [0, 0.1) is 5.82 Å². The third-order valence-electron chi connectivity index (χ3n) is 2.95. The lowest BCUT2D eigenvalue weighted by molar-refractivity contribution is 0.0404. The average molecular weight is 294 g/mol. The molecule has 0 aliphatic carbocycles. The van der Waals surface area contributed by atoms with Gasteiger partial charge in [0.15, 0.2) is 5.76 Å². The molecule has 1 N–H and O–H groups in total. The predicted octanol–water partition coefficient (Wildman–Crippen LogP) is 1.92. The molecule has 0 saturated carbocycles. The van der Waals surface area contributed by atoms with Crippen molar-refractivity contribution in [3.8, 4) is 11.3 Å². The summed E-state index contributed by atoms with van der Waals surface area (Å²) in [5.41, 5.74) is 0.649. The molecule has 0 fully saturated rings. The van der Waals surface area contributed by atoms with E-state index in [-0.39, 0.29) is 12.4 Å². The number of likely N-dealkylation sites (N-methyl/N-ethyl adjacent to an activating group) is 1. The van der Waals surface area contributed by atoms with Gasteiger partial charge < -0.3 is 14.3 Å². The Balaban J connectivity index is 1.97. The number of rotatable bonds is 7. The first-order valence-corrected chi connectivity index (χ1v) is 6.64. The summed E-state index contributed by atoms with van der Waals surface area (Å²) in [4.78, 5) is 6.05. The molecule has 5 nitrogen and oxygen atoms in total. The first-order valence-electron chi connectivity index (χ1n) is 6.64. The van der Waals surface area contributed by atoms with Crippen LogP contribution >= 0.6 is 0 Å². The number of halogens is 1. The molecule has 114 valence electrons. The van der Waals surface area contributed by atoms with E-state index in [1.165, 1.54) is 12.1 Å². The summed E-state index contributed by atoms with van der Waals surface area (Å²) in [6.45, 7) is 1.19. The van der Waals surface area contributed by atoms with Crippen molar-refractivity contribution in [1.29, 1.82) is 0 Å². The van der Waals surface area contributed by atoms with E-state index in [1.54, 1.807) is 25.4 Å². The van der Waals surface area contributed by atoms with Crippen LogP contribution in [0.2, 0.25) is 0 Å². The summed E-state index contributed by atoms with van der Waals surface area (Å²) in [6.07, 6.45) is 1.02. The molecule has 2 aromatic rings. The zero-order valence-corrected chi connectivity index (χ0v) is 12.1. The maximum Gasteiger partial charge on any atom is 0.209 e. The largest absolute Gasteiger partial charge is 0.439 e. The highest BCUT2D eigenvalue weighted by Crippen LogP contribution is 2.21. The van der Waals surface area contributed by atoms with Gasteiger partial charge in [0.05, 0.1) is 25.5 Å². The van der Waals surface area contributed by atoms with Gasteiger partial charge in [-0.1, -0.05) is 12.1 Å². The number of aromatic nitrogens is 1. The van der Waals surface area contributed by atoms with Gasteiger partial charge >= 0.3 is 0 Å². The first-order chi connectivity index (χ1) is 10.1. The lowest BCUT2D eigenvalue weighted by Crippen LogP contribution is -2.31. The van der Waals surface area contributed by atoms with E-state index in [9.17, 15) is 9.50 Å². The summed E-state index contributed by atoms with van der Waals surface area (Å²) in [5.74, 6) is 0.724. The molecule has 0 bridgehead atoms. The Labute approximate surface area is 123 Å². The Morgan fingerprint density at radius 1 is 1.48 bits per heavy atom. The van der Waals surface area contributed by atoms with Crippen LogP contribution < -0.4 is 0 Å². The first kappa shape index (κ1) is 15.6. The normalized spacial score (nSPS) is 12.8. The van der Waals surface area contributed by atoms with Gasteiger partial charge in [-0.05, 0) is 19.2 Å². The molecular formula is C15H19FN2O3. The number of hydrogen-bond acceptors (Lipinski definition) is 5.